The highest BCUT2D eigenvalue weighted by Crippen LogP contribution is 2.44. The highest BCUT2D eigenvalue weighted by molar-refractivity contribution is 8.00. The monoisotopic (exact) mass is 769 g/mol. The van der Waals surface area contributed by atoms with Crippen LogP contribution in [0.4, 0.5) is 9.93 Å². The van der Waals surface area contributed by atoms with Gasteiger partial charge in [0.15, 0.2) is 10.8 Å². The first-order valence-electron chi connectivity index (χ1n) is 17.2. The van der Waals surface area contributed by atoms with Crippen LogP contribution in [-0.2, 0) is 39.0 Å². The van der Waals surface area contributed by atoms with Crippen molar-refractivity contribution in [2.24, 2.45) is 10.6 Å². The lowest BCUT2D eigenvalue weighted by Crippen LogP contribution is -2.74. The minimum absolute atomic E-state index is 0.00834. The zero-order valence-electron chi connectivity index (χ0n) is 29.7. The standard InChI is InChI=1S/C39H39N5O8S2/c1-4-21-38(35(47)50-25(3)51-37(48)49-5-2)23-44-33(46)31(34(44)54-24-38)42-32(45)30(29-22-53-36(40)41-29)43-52-39(26-15-9-6-10-16-26,27-17-11-7-12-18-27)28-19-13-8-14-20-28/h4,6-22,25,31,34H,5,23-24H2,1-3H3,(H2,40,41)(H,42,45)/t25?,31?,34-,38?/m1/s1. The fourth-order valence-corrected chi connectivity index (χ4v) is 8.44. The van der Waals surface area contributed by atoms with E-state index in [0.29, 0.717) is 0 Å². The molecule has 6 rings (SSSR count). The number of oxime groups is 1. The van der Waals surface area contributed by atoms with E-state index in [-0.39, 0.29) is 35.4 Å². The van der Waals surface area contributed by atoms with Crippen molar-refractivity contribution in [1.82, 2.24) is 15.2 Å². The van der Waals surface area contributed by atoms with Gasteiger partial charge in [0, 0.05) is 41.3 Å². The van der Waals surface area contributed by atoms with Crippen molar-refractivity contribution in [3.8, 4) is 0 Å². The Balaban J connectivity index is 1.27. The Hall–Kier alpha value is -5.67. The molecule has 15 heteroatoms. The van der Waals surface area contributed by atoms with Gasteiger partial charge in [-0.3, -0.25) is 14.4 Å². The van der Waals surface area contributed by atoms with Gasteiger partial charge < -0.3 is 35.0 Å². The molecule has 0 saturated carbocycles. The van der Waals surface area contributed by atoms with Crippen LogP contribution in [0.15, 0.2) is 114 Å². The number of β-lactam (4-membered cyclic amide) rings is 1. The molecule has 3 N–H and O–H groups in total. The van der Waals surface area contributed by atoms with Gasteiger partial charge in [-0.1, -0.05) is 108 Å². The number of anilines is 1. The molecule has 3 unspecified atom stereocenters. The largest absolute Gasteiger partial charge is 0.511 e. The maximum Gasteiger partial charge on any atom is 0.511 e. The highest BCUT2D eigenvalue weighted by atomic mass is 32.2. The number of hydrogen-bond acceptors (Lipinski definition) is 13. The molecule has 2 amide bonds. The topological polar surface area (TPSA) is 172 Å². The van der Waals surface area contributed by atoms with E-state index in [0.717, 1.165) is 28.0 Å². The smallest absolute Gasteiger partial charge is 0.435 e. The van der Waals surface area contributed by atoms with Crippen LogP contribution >= 0.6 is 23.1 Å². The summed E-state index contributed by atoms with van der Waals surface area (Å²) in [7, 11) is 0. The van der Waals surface area contributed by atoms with Crippen LogP contribution in [0.2, 0.25) is 0 Å². The van der Waals surface area contributed by atoms with Crippen LogP contribution < -0.4 is 11.1 Å². The van der Waals surface area contributed by atoms with Crippen LogP contribution in [0.25, 0.3) is 0 Å². The second kappa shape index (κ2) is 16.6. The third kappa shape index (κ3) is 7.68. The molecule has 2 aliphatic rings. The molecule has 0 spiro atoms. The molecule has 54 heavy (non-hydrogen) atoms. The summed E-state index contributed by atoms with van der Waals surface area (Å²) >= 11 is 2.45. The number of nitrogen functional groups attached to an aromatic ring is 1. The second-order valence-corrected chi connectivity index (χ2v) is 14.4. The second-order valence-electron chi connectivity index (χ2n) is 12.4. The zero-order chi connectivity index (χ0) is 38.3. The fourth-order valence-electron chi connectivity index (χ4n) is 6.39. The first kappa shape index (κ1) is 38.1. The number of nitrogens with two attached hydrogens (primary N) is 1. The minimum atomic E-state index is -1.29. The van der Waals surface area contributed by atoms with Crippen molar-refractivity contribution in [1.29, 1.82) is 0 Å². The Morgan fingerprint density at radius 3 is 2.13 bits per heavy atom. The number of ether oxygens (including phenoxy) is 3. The van der Waals surface area contributed by atoms with Gasteiger partial charge in [-0.25, -0.2) is 9.78 Å². The number of esters is 1. The molecule has 4 atom stereocenters. The lowest BCUT2D eigenvalue weighted by molar-refractivity contribution is -0.179. The molecule has 0 radical (unpaired) electrons. The maximum absolute atomic E-state index is 14.2. The van der Waals surface area contributed by atoms with Crippen LogP contribution in [0.1, 0.15) is 43.2 Å². The van der Waals surface area contributed by atoms with Crippen molar-refractivity contribution in [3.05, 3.63) is 131 Å². The number of thiazole rings is 1. The third-order valence-electron chi connectivity index (χ3n) is 8.88. The number of amides is 2. The van der Waals surface area contributed by atoms with Crippen molar-refractivity contribution in [2.75, 3.05) is 24.6 Å². The Morgan fingerprint density at radius 1 is 1.02 bits per heavy atom. The summed E-state index contributed by atoms with van der Waals surface area (Å²) in [5.41, 5.74) is 5.77. The molecule has 0 aliphatic carbocycles. The summed E-state index contributed by atoms with van der Waals surface area (Å²) in [5, 5.41) is 8.69. The molecular formula is C39H39N5O8S2. The van der Waals surface area contributed by atoms with E-state index in [2.05, 4.69) is 15.5 Å². The average molecular weight is 770 g/mol. The number of carbonyl (C=O) groups is 4. The Bertz CT molecular complexity index is 1930. The van der Waals surface area contributed by atoms with Gasteiger partial charge in [0.2, 0.25) is 17.8 Å². The number of carbonyl (C=O) groups excluding carboxylic acids is 4. The average Bonchev–Trinajstić information content (AvgIpc) is 3.62. The number of fused-ring (bicyclic) bond motifs is 1. The van der Waals surface area contributed by atoms with E-state index >= 15 is 0 Å². The molecule has 0 bridgehead atoms. The number of nitrogens with zero attached hydrogens (tertiary/aromatic N) is 3. The van der Waals surface area contributed by atoms with E-state index in [1.165, 1.54) is 23.6 Å². The van der Waals surface area contributed by atoms with Crippen molar-refractivity contribution in [2.45, 2.75) is 44.1 Å². The molecule has 2 aliphatic heterocycles. The Labute approximate surface area is 320 Å². The SMILES string of the molecule is CC=CC1(C(=O)OC(C)OC(=O)OCC)CS[C@@H]2C(NC(=O)C(=NOC(c3ccccc3)(c3ccccc3)c3ccccc3)c3csc(N)n3)C(=O)N2C1. The first-order valence-corrected chi connectivity index (χ1v) is 19.1. The van der Waals surface area contributed by atoms with Gasteiger partial charge in [-0.15, -0.1) is 23.1 Å². The van der Waals surface area contributed by atoms with E-state index in [9.17, 15) is 19.2 Å². The molecule has 2 fully saturated rings. The molecular weight excluding hydrogens is 731 g/mol. The number of benzene rings is 3. The van der Waals surface area contributed by atoms with Crippen molar-refractivity contribution in [3.63, 3.8) is 0 Å². The predicted molar refractivity (Wildman–Crippen MR) is 204 cm³/mol. The lowest BCUT2D eigenvalue weighted by atomic mass is 9.80. The maximum atomic E-state index is 14.2. The summed E-state index contributed by atoms with van der Waals surface area (Å²) in [6.45, 7) is 4.87. The lowest BCUT2D eigenvalue weighted by Gasteiger charge is -2.53. The summed E-state index contributed by atoms with van der Waals surface area (Å²) in [5.74, 6) is -1.54. The van der Waals surface area contributed by atoms with Gasteiger partial charge in [0.05, 0.1) is 6.61 Å². The van der Waals surface area contributed by atoms with E-state index in [1.807, 2.05) is 91.0 Å². The van der Waals surface area contributed by atoms with Crippen molar-refractivity contribution < 1.29 is 38.2 Å². The molecule has 1 aromatic heterocycles. The quantitative estimate of drug-likeness (QED) is 0.0337. The molecule has 13 nitrogen and oxygen atoms in total. The number of nitrogens with one attached hydrogen (secondary N) is 1. The number of hydrogen-bond donors (Lipinski definition) is 2. The Kier molecular flexibility index (Phi) is 11.7. The number of allylic oxidation sites excluding steroid dienone is 1. The molecule has 3 aromatic carbocycles. The van der Waals surface area contributed by atoms with Crippen LogP contribution in [0.3, 0.4) is 0 Å². The number of rotatable bonds is 13. The van der Waals surface area contributed by atoms with Crippen LogP contribution in [0.5, 0.6) is 0 Å². The van der Waals surface area contributed by atoms with E-state index < -0.39 is 52.7 Å². The summed E-state index contributed by atoms with van der Waals surface area (Å²) in [6, 6.07) is 27.7. The molecule has 4 aromatic rings. The van der Waals surface area contributed by atoms with Gasteiger partial charge >= 0.3 is 12.1 Å². The minimum Gasteiger partial charge on any atom is -0.435 e. The van der Waals surface area contributed by atoms with Gasteiger partial charge in [0.25, 0.3) is 5.91 Å². The van der Waals surface area contributed by atoms with Gasteiger partial charge in [0.1, 0.15) is 22.5 Å². The zero-order valence-corrected chi connectivity index (χ0v) is 31.4. The molecule has 3 heterocycles. The van der Waals surface area contributed by atoms with Crippen LogP contribution in [0, 0.1) is 5.41 Å². The molecule has 280 valence electrons. The summed E-state index contributed by atoms with van der Waals surface area (Å²) < 4.78 is 15.2. The predicted octanol–water partition coefficient (Wildman–Crippen LogP) is 5.46. The van der Waals surface area contributed by atoms with Gasteiger partial charge in [-0.2, -0.15) is 0 Å². The molecule has 2 saturated heterocycles. The fraction of sp³-hybridized carbons (Fsp3) is 0.282. The Morgan fingerprint density at radius 2 is 1.61 bits per heavy atom. The van der Waals surface area contributed by atoms with Gasteiger partial charge in [-0.05, 0) is 13.8 Å². The highest BCUT2D eigenvalue weighted by Gasteiger charge is 2.57. The number of thioether (sulfide) groups is 1. The van der Waals surface area contributed by atoms with E-state index in [1.54, 1.807) is 31.4 Å². The van der Waals surface area contributed by atoms with Crippen LogP contribution in [-0.4, -0.2) is 76.1 Å². The first-order chi connectivity index (χ1) is 26.1. The summed E-state index contributed by atoms with van der Waals surface area (Å²) in [6.07, 6.45) is 1.18. The summed E-state index contributed by atoms with van der Waals surface area (Å²) in [4.78, 5) is 65.5. The van der Waals surface area contributed by atoms with Crippen molar-refractivity contribution >= 4 is 57.9 Å². The normalized spacial score (nSPS) is 20.3. The van der Waals surface area contributed by atoms with E-state index in [4.69, 9.17) is 24.8 Å². The third-order valence-corrected chi connectivity index (χ3v) is 11.1. The number of aromatic nitrogens is 1.